The summed E-state index contributed by atoms with van der Waals surface area (Å²) in [5, 5.41) is 10.1. The van der Waals surface area contributed by atoms with Crippen LogP contribution in [0.25, 0.3) is 5.57 Å². The molecule has 6 heteroatoms. The molecule has 1 saturated heterocycles. The molecule has 5 N–H and O–H groups in total. The molecular formula is C17H24N6. The molecule has 3 aliphatic rings. The van der Waals surface area contributed by atoms with Crippen LogP contribution in [0.4, 0.5) is 0 Å². The van der Waals surface area contributed by atoms with Crippen molar-refractivity contribution < 1.29 is 0 Å². The van der Waals surface area contributed by atoms with Gasteiger partial charge in [0.2, 0.25) is 0 Å². The molecule has 1 aromatic carbocycles. The molecule has 0 unspecified atom stereocenters. The van der Waals surface area contributed by atoms with E-state index in [-0.39, 0.29) is 6.04 Å². The summed E-state index contributed by atoms with van der Waals surface area (Å²) in [5.41, 5.74) is 16.0. The summed E-state index contributed by atoms with van der Waals surface area (Å²) >= 11 is 0. The number of nitrogens with one attached hydrogen (secondary N) is 3. The average molecular weight is 312 g/mol. The highest BCUT2D eigenvalue weighted by atomic mass is 15.8. The molecule has 1 aromatic rings. The van der Waals surface area contributed by atoms with Gasteiger partial charge in [-0.15, -0.1) is 10.6 Å². The molecule has 0 aromatic heterocycles. The van der Waals surface area contributed by atoms with E-state index >= 15 is 0 Å². The largest absolute Gasteiger partial charge is 0.324 e. The van der Waals surface area contributed by atoms with E-state index in [0.717, 1.165) is 50.2 Å². The highest BCUT2D eigenvalue weighted by Gasteiger charge is 2.30. The van der Waals surface area contributed by atoms with E-state index in [1.54, 1.807) is 0 Å². The van der Waals surface area contributed by atoms with Crippen molar-refractivity contribution in [2.75, 3.05) is 13.1 Å². The van der Waals surface area contributed by atoms with E-state index in [1.807, 2.05) is 0 Å². The molecule has 0 amide bonds. The van der Waals surface area contributed by atoms with Gasteiger partial charge in [0.15, 0.2) is 5.84 Å². The lowest BCUT2D eigenvalue weighted by Crippen LogP contribution is -2.49. The van der Waals surface area contributed by atoms with Crippen LogP contribution in [0, 0.1) is 0 Å². The standard InChI is InChI=1S/C17H24N6/c18-13-5-3-4-12(10-13)15-6-1-2-7-16(15)17-20-21-22-23(17)14-8-9-19-11-14/h1-2,6-7,10,13-14,19,21-22H,3-5,8-9,11,18H2/t13-,14+/m0/s1. The molecule has 6 nitrogen and oxygen atoms in total. The number of allylic oxidation sites excluding steroid dienone is 1. The smallest absolute Gasteiger partial charge is 0.173 e. The molecule has 2 atom stereocenters. The maximum atomic E-state index is 6.14. The van der Waals surface area contributed by atoms with Crippen LogP contribution in [0.3, 0.4) is 0 Å². The van der Waals surface area contributed by atoms with Crippen molar-refractivity contribution in [1.29, 1.82) is 0 Å². The van der Waals surface area contributed by atoms with Crippen LogP contribution in [0.2, 0.25) is 0 Å². The van der Waals surface area contributed by atoms with Gasteiger partial charge in [0, 0.05) is 18.2 Å². The number of nitrogens with two attached hydrogens (primary N) is 1. The lowest BCUT2D eigenvalue weighted by atomic mass is 9.88. The first-order valence-electron chi connectivity index (χ1n) is 8.47. The first-order chi connectivity index (χ1) is 11.3. The summed E-state index contributed by atoms with van der Waals surface area (Å²) in [4.78, 5) is 0. The van der Waals surface area contributed by atoms with Crippen molar-refractivity contribution in [3.8, 4) is 0 Å². The van der Waals surface area contributed by atoms with E-state index in [9.17, 15) is 0 Å². The third-order valence-electron chi connectivity index (χ3n) is 4.87. The summed E-state index contributed by atoms with van der Waals surface area (Å²) in [6, 6.07) is 9.10. The normalized spacial score (nSPS) is 27.6. The number of hydrogen-bond acceptors (Lipinski definition) is 6. The molecule has 23 heavy (non-hydrogen) atoms. The van der Waals surface area contributed by atoms with E-state index in [1.165, 1.54) is 11.1 Å². The highest BCUT2D eigenvalue weighted by Crippen LogP contribution is 2.30. The number of benzene rings is 1. The van der Waals surface area contributed by atoms with Crippen molar-refractivity contribution in [2.45, 2.75) is 37.8 Å². The Morgan fingerprint density at radius 3 is 2.83 bits per heavy atom. The first kappa shape index (κ1) is 14.7. The predicted molar refractivity (Wildman–Crippen MR) is 92.2 cm³/mol. The molecule has 0 bridgehead atoms. The summed E-state index contributed by atoms with van der Waals surface area (Å²) in [7, 11) is 0. The molecule has 2 aliphatic heterocycles. The molecule has 2 heterocycles. The Labute approximate surface area is 136 Å². The van der Waals surface area contributed by atoms with Crippen LogP contribution in [0.15, 0.2) is 35.4 Å². The number of hydrazine groups is 2. The fraction of sp³-hybridized carbons (Fsp3) is 0.471. The van der Waals surface area contributed by atoms with Crippen molar-refractivity contribution >= 4 is 11.4 Å². The number of amidine groups is 1. The van der Waals surface area contributed by atoms with Crippen LogP contribution in [0.1, 0.15) is 36.8 Å². The van der Waals surface area contributed by atoms with Crippen molar-refractivity contribution in [1.82, 2.24) is 21.4 Å². The van der Waals surface area contributed by atoms with Crippen molar-refractivity contribution in [3.63, 3.8) is 0 Å². The number of hydrazone groups is 1. The number of nitrogens with zero attached hydrogens (tertiary/aromatic N) is 2. The summed E-state index contributed by atoms with van der Waals surface area (Å²) in [6.45, 7) is 2.03. The van der Waals surface area contributed by atoms with Gasteiger partial charge in [-0.2, -0.15) is 0 Å². The zero-order valence-electron chi connectivity index (χ0n) is 13.3. The van der Waals surface area contributed by atoms with Crippen LogP contribution in [-0.2, 0) is 0 Å². The van der Waals surface area contributed by atoms with Gasteiger partial charge in [-0.05, 0) is 43.4 Å². The molecule has 0 spiro atoms. The van der Waals surface area contributed by atoms with Crippen LogP contribution < -0.4 is 22.1 Å². The fourth-order valence-corrected chi connectivity index (χ4v) is 3.69. The Morgan fingerprint density at radius 1 is 1.17 bits per heavy atom. The Kier molecular flexibility index (Phi) is 4.03. The Morgan fingerprint density at radius 2 is 2.04 bits per heavy atom. The second-order valence-corrected chi connectivity index (χ2v) is 6.47. The first-order valence-corrected chi connectivity index (χ1v) is 8.47. The molecule has 1 aliphatic carbocycles. The van der Waals surface area contributed by atoms with Gasteiger partial charge >= 0.3 is 0 Å². The Balaban J connectivity index is 1.69. The minimum atomic E-state index is 0.170. The van der Waals surface area contributed by atoms with E-state index in [2.05, 4.69) is 56.8 Å². The minimum Gasteiger partial charge on any atom is -0.324 e. The van der Waals surface area contributed by atoms with Crippen LogP contribution in [0.5, 0.6) is 0 Å². The highest BCUT2D eigenvalue weighted by molar-refractivity contribution is 6.03. The third kappa shape index (κ3) is 2.85. The van der Waals surface area contributed by atoms with Gasteiger partial charge in [0.1, 0.15) is 0 Å². The second kappa shape index (κ2) is 6.31. The van der Waals surface area contributed by atoms with Crippen LogP contribution >= 0.6 is 0 Å². The second-order valence-electron chi connectivity index (χ2n) is 6.47. The van der Waals surface area contributed by atoms with Gasteiger partial charge in [0.05, 0.1) is 6.04 Å². The predicted octanol–water partition coefficient (Wildman–Crippen LogP) is 0.929. The summed E-state index contributed by atoms with van der Waals surface area (Å²) in [6.07, 6.45) is 6.66. The fourth-order valence-electron chi connectivity index (χ4n) is 3.69. The average Bonchev–Trinajstić information content (AvgIpc) is 3.26. The quantitative estimate of drug-likeness (QED) is 0.668. The maximum absolute atomic E-state index is 6.14. The number of hydrogen-bond donors (Lipinski definition) is 4. The monoisotopic (exact) mass is 312 g/mol. The lowest BCUT2D eigenvalue weighted by Gasteiger charge is -2.27. The third-order valence-corrected chi connectivity index (χ3v) is 4.87. The summed E-state index contributed by atoms with van der Waals surface area (Å²) < 4.78 is 0. The Bertz CT molecular complexity index is 632. The molecule has 4 rings (SSSR count). The van der Waals surface area contributed by atoms with E-state index in [4.69, 9.17) is 5.73 Å². The van der Waals surface area contributed by atoms with Crippen molar-refractivity contribution in [3.05, 3.63) is 41.5 Å². The zero-order valence-corrected chi connectivity index (χ0v) is 13.3. The number of rotatable bonds is 3. The summed E-state index contributed by atoms with van der Waals surface area (Å²) in [5.74, 6) is 0.967. The zero-order chi connectivity index (χ0) is 15.6. The van der Waals surface area contributed by atoms with E-state index in [0.29, 0.717) is 6.04 Å². The minimum absolute atomic E-state index is 0.170. The molecule has 0 saturated carbocycles. The van der Waals surface area contributed by atoms with Crippen LogP contribution in [-0.4, -0.2) is 36.0 Å². The molecule has 122 valence electrons. The van der Waals surface area contributed by atoms with Gasteiger partial charge < -0.3 is 11.1 Å². The maximum Gasteiger partial charge on any atom is 0.173 e. The SMILES string of the molecule is N[C@@H]1C=C(c2ccccc2C2=NNNN2[C@@H]2CCNC2)CCC1. The molecule has 0 radical (unpaired) electrons. The topological polar surface area (TPSA) is 77.7 Å². The lowest BCUT2D eigenvalue weighted by molar-refractivity contribution is 0.233. The van der Waals surface area contributed by atoms with Crippen molar-refractivity contribution in [2.24, 2.45) is 10.8 Å². The van der Waals surface area contributed by atoms with E-state index < -0.39 is 0 Å². The van der Waals surface area contributed by atoms with Gasteiger partial charge in [-0.25, -0.2) is 5.53 Å². The molecular weight excluding hydrogens is 288 g/mol. The van der Waals surface area contributed by atoms with Gasteiger partial charge in [0.25, 0.3) is 0 Å². The molecule has 1 fully saturated rings. The van der Waals surface area contributed by atoms with Gasteiger partial charge in [-0.3, -0.25) is 5.01 Å². The van der Waals surface area contributed by atoms with Gasteiger partial charge in [-0.1, -0.05) is 30.3 Å². The Hall–Kier alpha value is -1.89.